The van der Waals surface area contributed by atoms with E-state index in [1.54, 1.807) is 0 Å². The maximum atomic E-state index is 10.4. The predicted octanol–water partition coefficient (Wildman–Crippen LogP) is 21.5. The van der Waals surface area contributed by atoms with E-state index in [2.05, 4.69) is 128 Å². The minimum Gasteiger partial charge on any atom is -0.309 e. The summed E-state index contributed by atoms with van der Waals surface area (Å²) in [6.45, 7) is 15.4. The molecule has 13 aromatic carbocycles. The van der Waals surface area contributed by atoms with E-state index in [4.69, 9.17) is 43.0 Å². The molecule has 0 bridgehead atoms. The highest BCUT2D eigenvalue weighted by Crippen LogP contribution is 2.45. The molecule has 4 aromatic heterocycles. The standard InChI is InChI=1S/C90H48N14/c1-95-67-43-63(51-91)83(64(44-67)52-92)61-34-40-81-75(47-61)73-30-15-17-32-79(73)103(81)69-36-38-71(77(49-69)89-99-85(55-20-7-3-8-21-55)97-86(100-89)56-22-9-4-10-23-56)59-28-19-29-60(42-59)72-39-37-70(50-78(72)90-101-87(57-24-11-5-12-25-57)98-88(102-90)58-26-13-6-14-27-58)104-80-33-18-16-31-74(80)76-48-62(35-41-82(76)104)84-65(53-93)45-68(96-2)46-66(84)54-94/h3-50H. The second-order valence-electron chi connectivity index (χ2n) is 24.8. The molecule has 0 aliphatic rings. The van der Waals surface area contributed by atoms with Crippen LogP contribution in [-0.2, 0) is 0 Å². The van der Waals surface area contributed by atoms with Crippen molar-refractivity contribution in [3.8, 4) is 148 Å². The summed E-state index contributed by atoms with van der Waals surface area (Å²) in [6, 6.07) is 104. The van der Waals surface area contributed by atoms with Gasteiger partial charge in [-0.3, -0.25) is 0 Å². The van der Waals surface area contributed by atoms with Gasteiger partial charge >= 0.3 is 0 Å². The molecule has 17 aromatic rings. The number of fused-ring (bicyclic) bond motifs is 6. The first-order valence-corrected chi connectivity index (χ1v) is 33.2. The van der Waals surface area contributed by atoms with Gasteiger partial charge in [0.1, 0.15) is 0 Å². The zero-order valence-corrected chi connectivity index (χ0v) is 55.0. The van der Waals surface area contributed by atoms with Crippen molar-refractivity contribution in [2.45, 2.75) is 0 Å². The van der Waals surface area contributed by atoms with Gasteiger partial charge in [0.2, 0.25) is 0 Å². The van der Waals surface area contributed by atoms with E-state index in [-0.39, 0.29) is 33.6 Å². The molecule has 17 rings (SSSR count). The molecular formula is C90H48N14. The van der Waals surface area contributed by atoms with Crippen molar-refractivity contribution in [1.82, 2.24) is 39.0 Å². The third kappa shape index (κ3) is 10.9. The largest absolute Gasteiger partial charge is 0.309 e. The van der Waals surface area contributed by atoms with Gasteiger partial charge < -0.3 is 9.13 Å². The van der Waals surface area contributed by atoms with Crippen LogP contribution in [0.5, 0.6) is 0 Å². The van der Waals surface area contributed by atoms with Crippen LogP contribution in [0.1, 0.15) is 22.3 Å². The average molecular weight is 1330 g/mol. The molecule has 104 heavy (non-hydrogen) atoms. The summed E-state index contributed by atoms with van der Waals surface area (Å²) in [5.74, 6) is 2.83. The molecule has 0 aliphatic carbocycles. The summed E-state index contributed by atoms with van der Waals surface area (Å²) in [5.41, 5.74) is 16.9. The average Bonchev–Trinajstić information content (AvgIpc) is 1.55. The summed E-state index contributed by atoms with van der Waals surface area (Å²) in [6.07, 6.45) is 0. The zero-order chi connectivity index (χ0) is 70.4. The monoisotopic (exact) mass is 1320 g/mol. The summed E-state index contributed by atoms with van der Waals surface area (Å²) < 4.78 is 4.43. The van der Waals surface area contributed by atoms with Crippen LogP contribution < -0.4 is 0 Å². The Labute approximate surface area is 596 Å². The molecule has 0 unspecified atom stereocenters. The molecule has 0 N–H and O–H groups in total. The fourth-order valence-electron chi connectivity index (χ4n) is 14.1. The molecule has 0 atom stereocenters. The molecule has 478 valence electrons. The van der Waals surface area contributed by atoms with Crippen LogP contribution in [0.2, 0.25) is 0 Å². The quantitative estimate of drug-likeness (QED) is 0.106. The molecule has 4 heterocycles. The lowest BCUT2D eigenvalue weighted by Crippen LogP contribution is -2.03. The van der Waals surface area contributed by atoms with Crippen molar-refractivity contribution >= 4 is 55.0 Å². The van der Waals surface area contributed by atoms with Gasteiger partial charge in [-0.05, 0) is 124 Å². The maximum absolute atomic E-state index is 10.4. The normalized spacial score (nSPS) is 11.0. The number of aromatic nitrogens is 8. The molecular weight excluding hydrogens is 1280 g/mol. The topological polar surface area (TPSA) is 191 Å². The van der Waals surface area contributed by atoms with E-state index in [9.17, 15) is 21.0 Å². The number of hydrogen-bond donors (Lipinski definition) is 0. The number of nitriles is 4. The predicted molar refractivity (Wildman–Crippen MR) is 408 cm³/mol. The van der Waals surface area contributed by atoms with Crippen molar-refractivity contribution in [1.29, 1.82) is 21.0 Å². The fraction of sp³-hybridized carbons (Fsp3) is 0. The van der Waals surface area contributed by atoms with Crippen molar-refractivity contribution in [3.05, 3.63) is 336 Å². The molecule has 0 radical (unpaired) electrons. The first-order chi connectivity index (χ1) is 51.3. The highest BCUT2D eigenvalue weighted by atomic mass is 15.1. The van der Waals surface area contributed by atoms with Gasteiger partial charge in [-0.25, -0.2) is 39.6 Å². The van der Waals surface area contributed by atoms with E-state index in [0.29, 0.717) is 68.3 Å². The molecule has 0 saturated heterocycles. The van der Waals surface area contributed by atoms with Gasteiger partial charge in [0.15, 0.2) is 46.3 Å². The third-order valence-corrected chi connectivity index (χ3v) is 18.8. The van der Waals surface area contributed by atoms with Crippen LogP contribution >= 0.6 is 0 Å². The number of rotatable bonds is 12. The second kappa shape index (κ2) is 26.0. The highest BCUT2D eigenvalue weighted by Gasteiger charge is 2.25. The van der Waals surface area contributed by atoms with Gasteiger partial charge in [-0.2, -0.15) is 21.0 Å². The zero-order valence-electron chi connectivity index (χ0n) is 55.0. The van der Waals surface area contributed by atoms with Crippen molar-refractivity contribution < 1.29 is 0 Å². The Kier molecular flexibility index (Phi) is 15.5. The second-order valence-corrected chi connectivity index (χ2v) is 24.8. The minimum atomic E-state index is 0.219. The Balaban J connectivity index is 0.890. The van der Waals surface area contributed by atoms with E-state index in [1.165, 1.54) is 24.3 Å². The summed E-state index contributed by atoms with van der Waals surface area (Å²) >= 11 is 0. The summed E-state index contributed by atoms with van der Waals surface area (Å²) in [7, 11) is 0. The van der Waals surface area contributed by atoms with Crippen molar-refractivity contribution in [2.75, 3.05) is 0 Å². The molecule has 14 nitrogen and oxygen atoms in total. The van der Waals surface area contributed by atoms with Crippen molar-refractivity contribution in [3.63, 3.8) is 0 Å². The van der Waals surface area contributed by atoms with E-state index >= 15 is 0 Å². The Hall–Kier alpha value is -15.6. The van der Waals surface area contributed by atoms with Crippen LogP contribution in [0.3, 0.4) is 0 Å². The van der Waals surface area contributed by atoms with E-state index in [0.717, 1.165) is 99.5 Å². The van der Waals surface area contributed by atoms with E-state index < -0.39 is 0 Å². The van der Waals surface area contributed by atoms with Gasteiger partial charge in [0.05, 0.1) is 81.7 Å². The van der Waals surface area contributed by atoms with Crippen LogP contribution in [0.15, 0.2) is 291 Å². The highest BCUT2D eigenvalue weighted by molar-refractivity contribution is 6.12. The number of hydrogen-bond acceptors (Lipinski definition) is 10. The molecule has 0 amide bonds. The lowest BCUT2D eigenvalue weighted by Gasteiger charge is -2.18. The molecule has 0 spiro atoms. The minimum absolute atomic E-state index is 0.219. The lowest BCUT2D eigenvalue weighted by molar-refractivity contribution is 1.07. The van der Waals surface area contributed by atoms with Crippen molar-refractivity contribution in [2.24, 2.45) is 0 Å². The molecule has 0 aliphatic heterocycles. The third-order valence-electron chi connectivity index (χ3n) is 18.8. The first kappa shape index (κ1) is 62.0. The first-order valence-electron chi connectivity index (χ1n) is 33.2. The van der Waals surface area contributed by atoms with Crippen LogP contribution in [0.4, 0.5) is 11.4 Å². The Morgan fingerprint density at radius 1 is 0.250 bits per heavy atom. The van der Waals surface area contributed by atoms with Gasteiger partial charge in [0, 0.05) is 77.4 Å². The Morgan fingerprint density at radius 2 is 0.558 bits per heavy atom. The maximum Gasteiger partial charge on any atom is 0.189 e. The Bertz CT molecular complexity index is 6090. The van der Waals surface area contributed by atoms with Crippen LogP contribution in [-0.4, -0.2) is 39.0 Å². The van der Waals surface area contributed by atoms with E-state index in [1.807, 2.05) is 182 Å². The van der Waals surface area contributed by atoms with Crippen LogP contribution in [0.25, 0.3) is 178 Å². The number of nitrogens with zero attached hydrogens (tertiary/aromatic N) is 14. The molecule has 14 heteroatoms. The molecule has 0 saturated carbocycles. The summed E-state index contributed by atoms with van der Waals surface area (Å²) in [4.78, 5) is 38.9. The van der Waals surface area contributed by atoms with Crippen LogP contribution in [0, 0.1) is 58.5 Å². The molecule has 0 fully saturated rings. The fourth-order valence-corrected chi connectivity index (χ4v) is 14.1. The van der Waals surface area contributed by atoms with Gasteiger partial charge in [0.25, 0.3) is 0 Å². The van der Waals surface area contributed by atoms with Gasteiger partial charge in [-0.1, -0.05) is 200 Å². The smallest absolute Gasteiger partial charge is 0.189 e. The number of benzene rings is 13. The SMILES string of the molecule is [C-]#[N+]c1cc(C#N)c(-c2ccc3c(c2)c2ccccc2n3-c2ccc(-c3cccc(-c4ccc(-n5c6ccccc6c6cc(-c7c(C#N)cc([N+]#[C-])cc7C#N)ccc65)cc4-c4nc(-c5ccccc5)nc(-c5ccccc5)n4)c3)c(-c3nc(-c4ccccc4)nc(-c4ccccc4)n3)c2)c(C#N)c1. The Morgan fingerprint density at radius 3 is 0.894 bits per heavy atom. The number of para-hydroxylation sites is 2. The van der Waals surface area contributed by atoms with Gasteiger partial charge in [-0.15, -0.1) is 0 Å². The lowest BCUT2D eigenvalue weighted by atomic mass is 9.92. The summed E-state index contributed by atoms with van der Waals surface area (Å²) in [5, 5.41) is 45.4.